The second-order valence-corrected chi connectivity index (χ2v) is 6.03. The van der Waals surface area contributed by atoms with E-state index in [0.29, 0.717) is 16.4 Å². The van der Waals surface area contributed by atoms with E-state index in [1.54, 1.807) is 0 Å². The first kappa shape index (κ1) is 13.9. The van der Waals surface area contributed by atoms with Crippen LogP contribution in [0.25, 0.3) is 0 Å². The minimum absolute atomic E-state index is 0.127. The maximum Gasteiger partial charge on any atom is 0.144 e. The molecule has 0 bridgehead atoms. The molecule has 1 N–H and O–H groups in total. The van der Waals surface area contributed by atoms with Crippen LogP contribution in [-0.4, -0.2) is 6.04 Å². The minimum Gasteiger partial charge on any atom is -0.310 e. The molecule has 0 aliphatic heterocycles. The van der Waals surface area contributed by atoms with Crippen molar-refractivity contribution < 1.29 is 8.78 Å². The van der Waals surface area contributed by atoms with Crippen LogP contribution < -0.4 is 5.32 Å². The molecule has 1 saturated carbocycles. The Morgan fingerprint density at radius 1 is 1.33 bits per heavy atom. The van der Waals surface area contributed by atoms with Crippen LogP contribution in [0.2, 0.25) is 0 Å². The Labute approximate surface area is 115 Å². The second kappa shape index (κ2) is 6.11. The third-order valence-corrected chi connectivity index (χ3v) is 4.26. The van der Waals surface area contributed by atoms with Crippen LogP contribution in [0.3, 0.4) is 0 Å². The molecule has 0 amide bonds. The largest absolute Gasteiger partial charge is 0.310 e. The first-order valence-corrected chi connectivity index (χ1v) is 7.23. The number of halogens is 3. The molecule has 100 valence electrons. The van der Waals surface area contributed by atoms with Crippen LogP contribution in [0.1, 0.15) is 38.2 Å². The average molecular weight is 318 g/mol. The van der Waals surface area contributed by atoms with Crippen molar-refractivity contribution in [1.29, 1.82) is 0 Å². The lowest BCUT2D eigenvalue weighted by molar-refractivity contribution is 0.298. The van der Waals surface area contributed by atoms with Gasteiger partial charge in [0, 0.05) is 18.2 Å². The van der Waals surface area contributed by atoms with Crippen molar-refractivity contribution in [3.05, 3.63) is 33.8 Å². The fourth-order valence-corrected chi connectivity index (χ4v) is 2.97. The van der Waals surface area contributed by atoms with Gasteiger partial charge in [0.05, 0.1) is 4.47 Å². The summed E-state index contributed by atoms with van der Waals surface area (Å²) in [4.78, 5) is 0. The molecule has 4 heteroatoms. The molecule has 1 nitrogen and oxygen atoms in total. The monoisotopic (exact) mass is 317 g/mol. The molecule has 0 aromatic heterocycles. The van der Waals surface area contributed by atoms with Gasteiger partial charge in [-0.3, -0.25) is 0 Å². The van der Waals surface area contributed by atoms with E-state index < -0.39 is 11.6 Å². The lowest BCUT2D eigenvalue weighted by Gasteiger charge is -2.27. The Hall–Kier alpha value is -0.480. The summed E-state index contributed by atoms with van der Waals surface area (Å²) in [6.45, 7) is 2.49. The minimum atomic E-state index is -0.494. The zero-order valence-electron chi connectivity index (χ0n) is 10.5. The molecule has 1 aromatic rings. The molecule has 2 rings (SSSR count). The SMILES string of the molecule is CC1CCCC(NCc2c(F)ccc(Br)c2F)C1. The molecule has 1 aliphatic rings. The van der Waals surface area contributed by atoms with Crippen LogP contribution in [-0.2, 0) is 6.54 Å². The zero-order valence-corrected chi connectivity index (χ0v) is 12.1. The topological polar surface area (TPSA) is 12.0 Å². The van der Waals surface area contributed by atoms with E-state index in [9.17, 15) is 8.78 Å². The van der Waals surface area contributed by atoms with Gasteiger partial charge in [-0.15, -0.1) is 0 Å². The Kier molecular flexibility index (Phi) is 4.73. The molecular formula is C14H18BrF2N. The van der Waals surface area contributed by atoms with Gasteiger partial charge in [-0.2, -0.15) is 0 Å². The van der Waals surface area contributed by atoms with E-state index in [1.807, 2.05) is 0 Å². The van der Waals surface area contributed by atoms with Gasteiger partial charge < -0.3 is 5.32 Å². The fraction of sp³-hybridized carbons (Fsp3) is 0.571. The predicted octanol–water partition coefficient (Wildman–Crippen LogP) is 4.40. The van der Waals surface area contributed by atoms with Crippen molar-refractivity contribution in [2.24, 2.45) is 5.92 Å². The molecule has 18 heavy (non-hydrogen) atoms. The van der Waals surface area contributed by atoms with Crippen LogP contribution in [0.15, 0.2) is 16.6 Å². The Morgan fingerprint density at radius 2 is 2.11 bits per heavy atom. The van der Waals surface area contributed by atoms with Crippen molar-refractivity contribution in [3.63, 3.8) is 0 Å². The number of nitrogens with one attached hydrogen (secondary N) is 1. The van der Waals surface area contributed by atoms with Crippen molar-refractivity contribution in [2.75, 3.05) is 0 Å². The predicted molar refractivity (Wildman–Crippen MR) is 72.3 cm³/mol. The molecule has 1 aromatic carbocycles. The normalized spacial score (nSPS) is 24.2. The molecule has 0 saturated heterocycles. The number of hydrogen-bond acceptors (Lipinski definition) is 1. The first-order valence-electron chi connectivity index (χ1n) is 6.43. The third-order valence-electron chi connectivity index (χ3n) is 3.64. The highest BCUT2D eigenvalue weighted by Crippen LogP contribution is 2.25. The molecule has 0 spiro atoms. The molecule has 0 radical (unpaired) electrons. The summed E-state index contributed by atoms with van der Waals surface area (Å²) >= 11 is 3.09. The summed E-state index contributed by atoms with van der Waals surface area (Å²) < 4.78 is 27.6. The quantitative estimate of drug-likeness (QED) is 0.815. The highest BCUT2D eigenvalue weighted by Gasteiger charge is 2.19. The van der Waals surface area contributed by atoms with Crippen molar-refractivity contribution in [1.82, 2.24) is 5.32 Å². The van der Waals surface area contributed by atoms with Gasteiger partial charge in [0.25, 0.3) is 0 Å². The second-order valence-electron chi connectivity index (χ2n) is 5.17. The summed E-state index contributed by atoms with van der Waals surface area (Å²) in [6, 6.07) is 3.08. The summed E-state index contributed by atoms with van der Waals surface area (Å²) in [5.41, 5.74) is 0.127. The smallest absolute Gasteiger partial charge is 0.144 e. The highest BCUT2D eigenvalue weighted by atomic mass is 79.9. The Bertz CT molecular complexity index is 423. The standard InChI is InChI=1S/C14H18BrF2N/c1-9-3-2-4-10(7-9)18-8-11-13(16)6-5-12(15)14(11)17/h5-6,9-10,18H,2-4,7-8H2,1H3. The van der Waals surface area contributed by atoms with Gasteiger partial charge in [-0.25, -0.2) is 8.78 Å². The van der Waals surface area contributed by atoms with Gasteiger partial charge in [0.2, 0.25) is 0 Å². The molecule has 2 unspecified atom stereocenters. The Balaban J connectivity index is 1.99. The van der Waals surface area contributed by atoms with E-state index in [-0.39, 0.29) is 12.1 Å². The number of hydrogen-bond donors (Lipinski definition) is 1. The van der Waals surface area contributed by atoms with Crippen LogP contribution in [0, 0.1) is 17.6 Å². The summed E-state index contributed by atoms with van der Waals surface area (Å²) in [6.07, 6.45) is 4.65. The zero-order chi connectivity index (χ0) is 13.1. The lowest BCUT2D eigenvalue weighted by atomic mass is 9.87. The summed E-state index contributed by atoms with van der Waals surface area (Å²) in [5, 5.41) is 3.28. The van der Waals surface area contributed by atoms with Crippen molar-refractivity contribution in [2.45, 2.75) is 45.2 Å². The maximum absolute atomic E-state index is 13.8. The van der Waals surface area contributed by atoms with Gasteiger partial charge in [0.15, 0.2) is 0 Å². The average Bonchev–Trinajstić information content (AvgIpc) is 2.34. The number of rotatable bonds is 3. The molecule has 1 aliphatic carbocycles. The van der Waals surface area contributed by atoms with Crippen molar-refractivity contribution >= 4 is 15.9 Å². The van der Waals surface area contributed by atoms with Crippen molar-refractivity contribution in [3.8, 4) is 0 Å². The summed E-state index contributed by atoms with van der Waals surface area (Å²) in [5.74, 6) is -0.271. The van der Waals surface area contributed by atoms with Gasteiger partial charge in [-0.1, -0.05) is 19.8 Å². The molecular weight excluding hydrogens is 300 g/mol. The summed E-state index contributed by atoms with van der Waals surface area (Å²) in [7, 11) is 0. The molecule has 1 fully saturated rings. The maximum atomic E-state index is 13.8. The van der Waals surface area contributed by atoms with Crippen LogP contribution in [0.4, 0.5) is 8.78 Å². The van der Waals surface area contributed by atoms with Crippen LogP contribution in [0.5, 0.6) is 0 Å². The fourth-order valence-electron chi connectivity index (χ4n) is 2.60. The van der Waals surface area contributed by atoms with Gasteiger partial charge in [0.1, 0.15) is 11.6 Å². The van der Waals surface area contributed by atoms with Crippen LogP contribution >= 0.6 is 15.9 Å². The first-order chi connectivity index (χ1) is 8.58. The third kappa shape index (κ3) is 3.29. The Morgan fingerprint density at radius 3 is 2.83 bits per heavy atom. The van der Waals surface area contributed by atoms with E-state index in [2.05, 4.69) is 28.2 Å². The van der Waals surface area contributed by atoms with E-state index >= 15 is 0 Å². The van der Waals surface area contributed by atoms with Gasteiger partial charge >= 0.3 is 0 Å². The van der Waals surface area contributed by atoms with E-state index in [1.165, 1.54) is 25.0 Å². The van der Waals surface area contributed by atoms with Gasteiger partial charge in [-0.05, 0) is 46.8 Å². The highest BCUT2D eigenvalue weighted by molar-refractivity contribution is 9.10. The number of benzene rings is 1. The van der Waals surface area contributed by atoms with E-state index in [4.69, 9.17) is 0 Å². The molecule has 2 atom stereocenters. The lowest BCUT2D eigenvalue weighted by Crippen LogP contribution is -2.33. The van der Waals surface area contributed by atoms with E-state index in [0.717, 1.165) is 12.8 Å². The molecule has 0 heterocycles.